The molecule has 1 atom stereocenters. The fraction of sp³-hybridized carbons (Fsp3) is 0.105. The highest BCUT2D eigenvalue weighted by Crippen LogP contribution is 2.35. The molecule has 3 aromatic rings. The average molecular weight is 293 g/mol. The molecule has 0 saturated carbocycles. The zero-order valence-electron chi connectivity index (χ0n) is 11.5. The number of pyridine rings is 1. The quantitative estimate of drug-likeness (QED) is 0.464. The highest BCUT2D eigenvalue weighted by molar-refractivity contribution is 6.30. The molecule has 0 fully saturated rings. The van der Waals surface area contributed by atoms with Crippen molar-refractivity contribution < 1.29 is 4.57 Å². The van der Waals surface area contributed by atoms with Crippen molar-refractivity contribution in [2.24, 2.45) is 0 Å². The fourth-order valence-electron chi connectivity index (χ4n) is 3.20. The highest BCUT2D eigenvalue weighted by atomic mass is 35.5. The van der Waals surface area contributed by atoms with Gasteiger partial charge in [-0.1, -0.05) is 54.1 Å². The number of halogens is 1. The molecular weight excluding hydrogens is 278 g/mol. The first kappa shape index (κ1) is 12.6. The summed E-state index contributed by atoms with van der Waals surface area (Å²) in [5.41, 5.74) is 5.40. The third-order valence-corrected chi connectivity index (χ3v) is 4.43. The third kappa shape index (κ3) is 2.14. The van der Waals surface area contributed by atoms with E-state index < -0.39 is 0 Å². The van der Waals surface area contributed by atoms with Crippen LogP contribution in [0.2, 0.25) is 5.02 Å². The second-order valence-corrected chi connectivity index (χ2v) is 5.87. The summed E-state index contributed by atoms with van der Waals surface area (Å²) in [5.74, 6) is 0.272. The van der Waals surface area contributed by atoms with Gasteiger partial charge in [0.15, 0.2) is 18.4 Å². The smallest absolute Gasteiger partial charge is 0.193 e. The highest BCUT2D eigenvalue weighted by Gasteiger charge is 2.32. The van der Waals surface area contributed by atoms with E-state index in [1.807, 2.05) is 12.1 Å². The van der Waals surface area contributed by atoms with E-state index in [1.165, 1.54) is 22.4 Å². The van der Waals surface area contributed by atoms with Gasteiger partial charge in [-0.15, -0.1) is 0 Å². The van der Waals surface area contributed by atoms with Crippen molar-refractivity contribution in [3.63, 3.8) is 0 Å². The number of rotatable bonds is 1. The molecule has 1 aliphatic rings. The van der Waals surface area contributed by atoms with Gasteiger partial charge in [-0.2, -0.15) is 4.57 Å². The van der Waals surface area contributed by atoms with Crippen LogP contribution in [0.3, 0.4) is 0 Å². The van der Waals surface area contributed by atoms with Crippen LogP contribution in [-0.2, 0) is 6.54 Å². The molecule has 0 spiro atoms. The maximum absolute atomic E-state index is 6.05. The van der Waals surface area contributed by atoms with Gasteiger partial charge in [0.1, 0.15) is 0 Å². The Morgan fingerprint density at radius 2 is 1.62 bits per heavy atom. The molecule has 0 N–H and O–H groups in total. The first-order valence-corrected chi connectivity index (χ1v) is 7.52. The van der Waals surface area contributed by atoms with Crippen molar-refractivity contribution >= 4 is 11.6 Å². The summed E-state index contributed by atoms with van der Waals surface area (Å²) in [6.45, 7) is 0.941. The van der Waals surface area contributed by atoms with Gasteiger partial charge in [0.05, 0.1) is 5.92 Å². The van der Waals surface area contributed by atoms with Crippen LogP contribution in [0.5, 0.6) is 0 Å². The topological polar surface area (TPSA) is 3.88 Å². The summed E-state index contributed by atoms with van der Waals surface area (Å²) in [7, 11) is 0. The van der Waals surface area contributed by atoms with Gasteiger partial charge in [-0.05, 0) is 23.3 Å². The van der Waals surface area contributed by atoms with Gasteiger partial charge in [0.25, 0.3) is 0 Å². The van der Waals surface area contributed by atoms with E-state index in [9.17, 15) is 0 Å². The van der Waals surface area contributed by atoms with Gasteiger partial charge in [-0.3, -0.25) is 0 Å². The van der Waals surface area contributed by atoms with Gasteiger partial charge < -0.3 is 0 Å². The van der Waals surface area contributed by atoms with E-state index in [0.29, 0.717) is 0 Å². The molecule has 2 aromatic carbocycles. The van der Waals surface area contributed by atoms with E-state index in [4.69, 9.17) is 11.6 Å². The molecule has 1 aliphatic heterocycles. The van der Waals surface area contributed by atoms with Crippen molar-refractivity contribution in [2.45, 2.75) is 12.5 Å². The minimum Gasteiger partial charge on any atom is -0.197 e. The van der Waals surface area contributed by atoms with E-state index in [1.54, 1.807) is 0 Å². The molecule has 0 bridgehead atoms. The van der Waals surface area contributed by atoms with Gasteiger partial charge in [0.2, 0.25) is 0 Å². The minimum absolute atomic E-state index is 0.272. The molecule has 1 nitrogen and oxygen atoms in total. The number of fused-ring (bicyclic) bond motifs is 2. The summed E-state index contributed by atoms with van der Waals surface area (Å²) >= 11 is 6.05. The zero-order chi connectivity index (χ0) is 14.2. The second kappa shape index (κ2) is 5.01. The first-order valence-electron chi connectivity index (χ1n) is 7.14. The molecule has 2 heterocycles. The largest absolute Gasteiger partial charge is 0.197 e. The minimum atomic E-state index is 0.272. The normalized spacial score (nSPS) is 16.1. The van der Waals surface area contributed by atoms with Gasteiger partial charge in [0, 0.05) is 22.7 Å². The lowest BCUT2D eigenvalue weighted by molar-refractivity contribution is -0.698. The van der Waals surface area contributed by atoms with Crippen LogP contribution in [0.4, 0.5) is 0 Å². The summed E-state index contributed by atoms with van der Waals surface area (Å²) < 4.78 is 2.33. The van der Waals surface area contributed by atoms with Crippen molar-refractivity contribution in [3.05, 3.63) is 100 Å². The number of benzene rings is 2. The molecule has 1 unspecified atom stereocenters. The standard InChI is InChI=1S/C19H15ClN/c20-16-10-8-14(9-11-16)19-17-6-2-1-5-15(17)13-21-12-4-3-7-18(19)21/h1-12,19H,13H2/q+1. The van der Waals surface area contributed by atoms with E-state index in [0.717, 1.165) is 11.6 Å². The molecule has 1 aromatic heterocycles. The summed E-state index contributed by atoms with van der Waals surface area (Å²) in [4.78, 5) is 0. The number of hydrogen-bond donors (Lipinski definition) is 0. The number of hydrogen-bond acceptors (Lipinski definition) is 0. The summed E-state index contributed by atoms with van der Waals surface area (Å²) in [6.07, 6.45) is 2.16. The van der Waals surface area contributed by atoms with Gasteiger partial charge in [-0.25, -0.2) is 0 Å². The van der Waals surface area contributed by atoms with Crippen LogP contribution in [0.1, 0.15) is 28.3 Å². The van der Waals surface area contributed by atoms with E-state index in [-0.39, 0.29) is 5.92 Å². The molecule has 0 radical (unpaired) electrons. The first-order chi connectivity index (χ1) is 10.3. The lowest BCUT2D eigenvalue weighted by Crippen LogP contribution is -2.43. The van der Waals surface area contributed by atoms with Crippen LogP contribution in [0, 0.1) is 0 Å². The average Bonchev–Trinajstić information content (AvgIpc) is 2.53. The molecule has 0 saturated heterocycles. The van der Waals surface area contributed by atoms with Gasteiger partial charge >= 0.3 is 0 Å². The SMILES string of the molecule is Clc1ccc(C2c3ccccc3C[n+]3ccccc32)cc1. The van der Waals surface area contributed by atoms with E-state index in [2.05, 4.69) is 65.4 Å². The van der Waals surface area contributed by atoms with Crippen molar-refractivity contribution in [1.82, 2.24) is 0 Å². The number of aromatic nitrogens is 1. The third-order valence-electron chi connectivity index (χ3n) is 4.18. The number of nitrogens with zero attached hydrogens (tertiary/aromatic N) is 1. The predicted molar refractivity (Wildman–Crippen MR) is 84.6 cm³/mol. The monoisotopic (exact) mass is 292 g/mol. The van der Waals surface area contributed by atoms with Crippen molar-refractivity contribution in [3.8, 4) is 0 Å². The Labute approximate surface area is 129 Å². The molecular formula is C19H15ClN+. The lowest BCUT2D eigenvalue weighted by Gasteiger charge is -2.23. The second-order valence-electron chi connectivity index (χ2n) is 5.44. The van der Waals surface area contributed by atoms with Crippen molar-refractivity contribution in [2.75, 3.05) is 0 Å². The molecule has 0 aliphatic carbocycles. The van der Waals surface area contributed by atoms with Crippen LogP contribution < -0.4 is 4.57 Å². The predicted octanol–water partition coefficient (Wildman–Crippen LogP) is 4.17. The lowest BCUT2D eigenvalue weighted by atomic mass is 9.83. The molecule has 102 valence electrons. The summed E-state index contributed by atoms with van der Waals surface area (Å²) in [6, 6.07) is 23.3. The fourth-order valence-corrected chi connectivity index (χ4v) is 3.33. The van der Waals surface area contributed by atoms with Crippen LogP contribution in [0.25, 0.3) is 0 Å². The zero-order valence-corrected chi connectivity index (χ0v) is 12.3. The van der Waals surface area contributed by atoms with Crippen LogP contribution in [-0.4, -0.2) is 0 Å². The van der Waals surface area contributed by atoms with Crippen LogP contribution >= 0.6 is 11.6 Å². The Morgan fingerprint density at radius 1 is 0.857 bits per heavy atom. The van der Waals surface area contributed by atoms with E-state index >= 15 is 0 Å². The van der Waals surface area contributed by atoms with Crippen LogP contribution in [0.15, 0.2) is 72.9 Å². The molecule has 2 heteroatoms. The molecule has 21 heavy (non-hydrogen) atoms. The molecule has 0 amide bonds. The Kier molecular flexibility index (Phi) is 3.01. The van der Waals surface area contributed by atoms with Crippen molar-refractivity contribution in [1.29, 1.82) is 0 Å². The maximum Gasteiger partial charge on any atom is 0.193 e. The Bertz CT molecular complexity index is 747. The summed E-state index contributed by atoms with van der Waals surface area (Å²) in [5, 5.41) is 0.781. The maximum atomic E-state index is 6.05. The Hall–Kier alpha value is -2.12. The Balaban J connectivity index is 1.95. The Morgan fingerprint density at radius 3 is 2.48 bits per heavy atom. The molecule has 4 rings (SSSR count).